The lowest BCUT2D eigenvalue weighted by Gasteiger charge is -2.12. The number of nitrogens with zero attached hydrogens (tertiary/aromatic N) is 1. The highest BCUT2D eigenvalue weighted by Crippen LogP contribution is 2.07. The molecule has 1 aromatic heterocycles. The summed E-state index contributed by atoms with van der Waals surface area (Å²) < 4.78 is 0. The van der Waals surface area contributed by atoms with Gasteiger partial charge in [0.05, 0.1) is 0 Å². The molecule has 0 saturated heterocycles. The Labute approximate surface area is 97.1 Å². The van der Waals surface area contributed by atoms with Gasteiger partial charge in [-0.25, -0.2) is 4.98 Å². The minimum Gasteiger partial charge on any atom is -0.308 e. The maximum atomic E-state index is 4.25. The minimum absolute atomic E-state index is 0.616. The summed E-state index contributed by atoms with van der Waals surface area (Å²) in [5.74, 6) is 0. The van der Waals surface area contributed by atoms with E-state index in [2.05, 4.69) is 24.1 Å². The van der Waals surface area contributed by atoms with Gasteiger partial charge in [0.2, 0.25) is 0 Å². The molecular weight excluding hydrogens is 204 g/mol. The van der Waals surface area contributed by atoms with Gasteiger partial charge >= 0.3 is 0 Å². The van der Waals surface area contributed by atoms with E-state index >= 15 is 0 Å². The van der Waals surface area contributed by atoms with Crippen LogP contribution in [0.1, 0.15) is 51.0 Å². The molecule has 0 aliphatic heterocycles. The van der Waals surface area contributed by atoms with Crippen molar-refractivity contribution in [1.82, 2.24) is 10.3 Å². The summed E-state index contributed by atoms with van der Waals surface area (Å²) in [4.78, 5) is 4.25. The third kappa shape index (κ3) is 5.90. The van der Waals surface area contributed by atoms with E-state index in [9.17, 15) is 0 Å². The lowest BCUT2D eigenvalue weighted by molar-refractivity contribution is 0.482. The molecule has 0 saturated carbocycles. The molecule has 0 fully saturated rings. The summed E-state index contributed by atoms with van der Waals surface area (Å²) in [6.07, 6.45) is 8.57. The van der Waals surface area contributed by atoms with E-state index in [1.54, 1.807) is 11.3 Å². The zero-order chi connectivity index (χ0) is 10.9. The first-order chi connectivity index (χ1) is 7.33. The van der Waals surface area contributed by atoms with Gasteiger partial charge in [0, 0.05) is 24.2 Å². The molecule has 0 bridgehead atoms. The largest absolute Gasteiger partial charge is 0.308 e. The Balaban J connectivity index is 2.01. The highest BCUT2D eigenvalue weighted by molar-refractivity contribution is 7.09. The Morgan fingerprint density at radius 2 is 2.27 bits per heavy atom. The molecule has 0 radical (unpaired) electrons. The van der Waals surface area contributed by atoms with Crippen molar-refractivity contribution in [2.75, 3.05) is 0 Å². The summed E-state index contributed by atoms with van der Waals surface area (Å²) in [5, 5.41) is 6.73. The monoisotopic (exact) mass is 226 g/mol. The Bertz CT molecular complexity index is 234. The molecule has 3 heteroatoms. The number of hydrogen-bond acceptors (Lipinski definition) is 3. The standard InChI is InChI=1S/C12H22N2S/c1-3-4-5-6-7-11(2)14-10-12-13-8-9-15-12/h8-9,11,14H,3-7,10H2,1-2H3. The second-order valence-electron chi connectivity index (χ2n) is 4.06. The van der Waals surface area contributed by atoms with Crippen LogP contribution in [0.15, 0.2) is 11.6 Å². The number of aromatic nitrogens is 1. The molecule has 1 N–H and O–H groups in total. The van der Waals surface area contributed by atoms with Crippen LogP contribution < -0.4 is 5.32 Å². The predicted molar refractivity (Wildman–Crippen MR) is 67.2 cm³/mol. The summed E-state index contributed by atoms with van der Waals surface area (Å²) in [6.45, 7) is 5.44. The number of nitrogens with one attached hydrogen (secondary N) is 1. The third-order valence-corrected chi connectivity index (χ3v) is 3.36. The summed E-state index contributed by atoms with van der Waals surface area (Å²) in [7, 11) is 0. The maximum absolute atomic E-state index is 4.25. The summed E-state index contributed by atoms with van der Waals surface area (Å²) in [5.41, 5.74) is 0. The molecule has 0 aromatic carbocycles. The lowest BCUT2D eigenvalue weighted by atomic mass is 10.1. The Hall–Kier alpha value is -0.410. The Morgan fingerprint density at radius 3 is 2.93 bits per heavy atom. The van der Waals surface area contributed by atoms with Gasteiger partial charge in [-0.15, -0.1) is 11.3 Å². The summed E-state index contributed by atoms with van der Waals surface area (Å²) >= 11 is 1.72. The first kappa shape index (κ1) is 12.7. The van der Waals surface area contributed by atoms with Crippen LogP contribution in [0.2, 0.25) is 0 Å². The van der Waals surface area contributed by atoms with Gasteiger partial charge < -0.3 is 5.32 Å². The molecule has 1 rings (SSSR count). The fourth-order valence-corrected chi connectivity index (χ4v) is 2.15. The first-order valence-corrected chi connectivity index (χ1v) is 6.82. The van der Waals surface area contributed by atoms with Crippen molar-refractivity contribution in [3.63, 3.8) is 0 Å². The van der Waals surface area contributed by atoms with E-state index in [1.165, 1.54) is 37.1 Å². The van der Waals surface area contributed by atoms with Gasteiger partial charge in [-0.05, 0) is 13.3 Å². The van der Waals surface area contributed by atoms with Crippen LogP contribution in [-0.4, -0.2) is 11.0 Å². The van der Waals surface area contributed by atoms with Gasteiger partial charge in [0.15, 0.2) is 0 Å². The molecular formula is C12H22N2S. The van der Waals surface area contributed by atoms with E-state index in [4.69, 9.17) is 0 Å². The molecule has 1 heterocycles. The van der Waals surface area contributed by atoms with Gasteiger partial charge in [0.1, 0.15) is 5.01 Å². The van der Waals surface area contributed by atoms with Crippen LogP contribution >= 0.6 is 11.3 Å². The zero-order valence-electron chi connectivity index (χ0n) is 9.83. The smallest absolute Gasteiger partial charge is 0.106 e. The molecule has 0 spiro atoms. The van der Waals surface area contributed by atoms with Crippen LogP contribution in [-0.2, 0) is 6.54 Å². The fraction of sp³-hybridized carbons (Fsp3) is 0.750. The van der Waals surface area contributed by atoms with Gasteiger partial charge in [-0.1, -0.05) is 32.6 Å². The quantitative estimate of drug-likeness (QED) is 0.685. The highest BCUT2D eigenvalue weighted by Gasteiger charge is 2.02. The molecule has 0 amide bonds. The molecule has 0 aliphatic carbocycles. The lowest BCUT2D eigenvalue weighted by Crippen LogP contribution is -2.25. The third-order valence-electron chi connectivity index (χ3n) is 2.58. The fourth-order valence-electron chi connectivity index (χ4n) is 1.58. The van der Waals surface area contributed by atoms with Gasteiger partial charge in [-0.3, -0.25) is 0 Å². The van der Waals surface area contributed by atoms with Crippen molar-refractivity contribution in [3.05, 3.63) is 16.6 Å². The molecule has 2 nitrogen and oxygen atoms in total. The minimum atomic E-state index is 0.616. The predicted octanol–water partition coefficient (Wildman–Crippen LogP) is 3.59. The van der Waals surface area contributed by atoms with Crippen LogP contribution in [0.5, 0.6) is 0 Å². The van der Waals surface area contributed by atoms with Gasteiger partial charge in [0.25, 0.3) is 0 Å². The second kappa shape index (κ2) is 7.83. The Kier molecular flexibility index (Phi) is 6.60. The normalized spacial score (nSPS) is 12.9. The zero-order valence-corrected chi connectivity index (χ0v) is 10.6. The van der Waals surface area contributed by atoms with E-state index in [0.717, 1.165) is 6.54 Å². The second-order valence-corrected chi connectivity index (χ2v) is 5.04. The molecule has 15 heavy (non-hydrogen) atoms. The SMILES string of the molecule is CCCCCCC(C)NCc1nccs1. The van der Waals surface area contributed by atoms with Crippen molar-refractivity contribution < 1.29 is 0 Å². The Morgan fingerprint density at radius 1 is 1.40 bits per heavy atom. The van der Waals surface area contributed by atoms with Crippen LogP contribution in [0.3, 0.4) is 0 Å². The van der Waals surface area contributed by atoms with E-state index in [-0.39, 0.29) is 0 Å². The number of hydrogen-bond donors (Lipinski definition) is 1. The van der Waals surface area contributed by atoms with Crippen LogP contribution in [0.25, 0.3) is 0 Å². The highest BCUT2D eigenvalue weighted by atomic mass is 32.1. The average molecular weight is 226 g/mol. The number of unbranched alkanes of at least 4 members (excludes halogenated alkanes) is 3. The van der Waals surface area contributed by atoms with E-state index < -0.39 is 0 Å². The molecule has 1 unspecified atom stereocenters. The molecule has 0 aliphatic rings. The van der Waals surface area contributed by atoms with Crippen molar-refractivity contribution >= 4 is 11.3 Å². The average Bonchev–Trinajstić information content (AvgIpc) is 2.74. The summed E-state index contributed by atoms with van der Waals surface area (Å²) in [6, 6.07) is 0.616. The van der Waals surface area contributed by atoms with E-state index in [0.29, 0.717) is 6.04 Å². The van der Waals surface area contributed by atoms with Crippen LogP contribution in [0, 0.1) is 0 Å². The topological polar surface area (TPSA) is 24.9 Å². The molecule has 86 valence electrons. The number of rotatable bonds is 8. The van der Waals surface area contributed by atoms with Crippen molar-refractivity contribution in [2.24, 2.45) is 0 Å². The van der Waals surface area contributed by atoms with E-state index in [1.807, 2.05) is 11.6 Å². The number of thiazole rings is 1. The van der Waals surface area contributed by atoms with Crippen LogP contribution in [0.4, 0.5) is 0 Å². The molecule has 1 aromatic rings. The van der Waals surface area contributed by atoms with Crippen molar-refractivity contribution in [2.45, 2.75) is 58.5 Å². The maximum Gasteiger partial charge on any atom is 0.106 e. The van der Waals surface area contributed by atoms with Crippen molar-refractivity contribution in [3.8, 4) is 0 Å². The molecule has 1 atom stereocenters. The van der Waals surface area contributed by atoms with Gasteiger partial charge in [-0.2, -0.15) is 0 Å². The van der Waals surface area contributed by atoms with Crippen molar-refractivity contribution in [1.29, 1.82) is 0 Å². The first-order valence-electron chi connectivity index (χ1n) is 5.94.